The fraction of sp³-hybridized carbons (Fsp3) is 0.300. The van der Waals surface area contributed by atoms with Crippen LogP contribution in [0.1, 0.15) is 15.9 Å². The number of benzene rings is 2. The number of amides is 1. The number of para-hydroxylation sites is 1. The van der Waals surface area contributed by atoms with E-state index in [1.807, 2.05) is 24.3 Å². The molecule has 0 aromatic heterocycles. The minimum absolute atomic E-state index is 0.0924. The smallest absolute Gasteiger partial charge is 0.345 e. The van der Waals surface area contributed by atoms with Crippen molar-refractivity contribution in [3.8, 4) is 17.2 Å². The molecular formula is C20H22N2O8. The van der Waals surface area contributed by atoms with Gasteiger partial charge in [0.25, 0.3) is 11.6 Å². The molecular weight excluding hydrogens is 396 g/mol. The highest BCUT2D eigenvalue weighted by molar-refractivity contribution is 5.96. The number of methoxy groups -OCH3 is 3. The molecule has 1 amide bonds. The number of carbonyl (C=O) groups is 2. The minimum Gasteiger partial charge on any atom is -0.496 e. The molecule has 0 spiro atoms. The van der Waals surface area contributed by atoms with Crippen molar-refractivity contribution >= 4 is 17.6 Å². The van der Waals surface area contributed by atoms with Gasteiger partial charge in [-0.15, -0.1) is 0 Å². The zero-order valence-electron chi connectivity index (χ0n) is 16.8. The number of nitrogens with one attached hydrogen (secondary N) is 1. The second kappa shape index (κ2) is 10.6. The number of ether oxygens (including phenoxy) is 4. The van der Waals surface area contributed by atoms with Crippen LogP contribution in [-0.4, -0.2) is 51.3 Å². The van der Waals surface area contributed by atoms with Crippen molar-refractivity contribution in [3.05, 3.63) is 57.6 Å². The van der Waals surface area contributed by atoms with Gasteiger partial charge in [-0.2, -0.15) is 0 Å². The average Bonchev–Trinajstić information content (AvgIpc) is 2.76. The number of hydrogen-bond donors (Lipinski definition) is 1. The molecule has 10 nitrogen and oxygen atoms in total. The number of rotatable bonds is 10. The van der Waals surface area contributed by atoms with Gasteiger partial charge in [-0.25, -0.2) is 4.79 Å². The average molecular weight is 418 g/mol. The molecule has 0 aliphatic heterocycles. The van der Waals surface area contributed by atoms with E-state index < -0.39 is 29.1 Å². The van der Waals surface area contributed by atoms with Gasteiger partial charge in [-0.3, -0.25) is 14.9 Å². The summed E-state index contributed by atoms with van der Waals surface area (Å²) in [5, 5.41) is 13.9. The summed E-state index contributed by atoms with van der Waals surface area (Å²) < 4.78 is 20.2. The summed E-state index contributed by atoms with van der Waals surface area (Å²) in [4.78, 5) is 34.8. The van der Waals surface area contributed by atoms with Gasteiger partial charge in [-0.1, -0.05) is 18.2 Å². The molecule has 0 aliphatic carbocycles. The Balaban J connectivity index is 1.96. The van der Waals surface area contributed by atoms with Crippen LogP contribution in [0.15, 0.2) is 36.4 Å². The van der Waals surface area contributed by atoms with Crippen LogP contribution in [0.5, 0.6) is 17.2 Å². The van der Waals surface area contributed by atoms with Crippen LogP contribution >= 0.6 is 0 Å². The Labute approximate surface area is 172 Å². The highest BCUT2D eigenvalue weighted by Crippen LogP contribution is 2.34. The van der Waals surface area contributed by atoms with Gasteiger partial charge in [-0.05, 0) is 18.1 Å². The molecule has 2 aromatic rings. The first kappa shape index (κ1) is 22.5. The van der Waals surface area contributed by atoms with Crippen molar-refractivity contribution in [2.24, 2.45) is 0 Å². The molecule has 10 heteroatoms. The van der Waals surface area contributed by atoms with Gasteiger partial charge < -0.3 is 24.3 Å². The first-order chi connectivity index (χ1) is 14.4. The normalized spacial score (nSPS) is 10.1. The van der Waals surface area contributed by atoms with E-state index >= 15 is 0 Å². The third-order valence-electron chi connectivity index (χ3n) is 4.16. The number of nitrogens with zero attached hydrogens (tertiary/aromatic N) is 1. The summed E-state index contributed by atoms with van der Waals surface area (Å²) in [6.45, 7) is -0.288. The maximum Gasteiger partial charge on any atom is 0.345 e. The highest BCUT2D eigenvalue weighted by atomic mass is 16.6. The predicted octanol–water partition coefficient (Wildman–Crippen LogP) is 2.14. The topological polar surface area (TPSA) is 126 Å². The highest BCUT2D eigenvalue weighted by Gasteiger charge is 2.26. The van der Waals surface area contributed by atoms with E-state index in [-0.39, 0.29) is 17.1 Å². The number of hydrogen-bond acceptors (Lipinski definition) is 8. The van der Waals surface area contributed by atoms with E-state index in [1.165, 1.54) is 14.2 Å². The standard InChI is InChI=1S/C20H22N2O8/c1-27-16-7-5-4-6-13(16)8-9-21-19(23)12-30-20(24)14-10-17(28-2)18(29-3)11-15(14)22(25)26/h4-7,10-11H,8-9,12H2,1-3H3,(H,21,23). The molecule has 0 unspecified atom stereocenters. The van der Waals surface area contributed by atoms with Crippen LogP contribution < -0.4 is 19.5 Å². The van der Waals surface area contributed by atoms with Crippen LogP contribution in [0, 0.1) is 10.1 Å². The van der Waals surface area contributed by atoms with Gasteiger partial charge in [0.15, 0.2) is 18.1 Å². The lowest BCUT2D eigenvalue weighted by atomic mass is 10.1. The molecule has 0 radical (unpaired) electrons. The molecule has 2 aromatic carbocycles. The lowest BCUT2D eigenvalue weighted by Gasteiger charge is -2.11. The van der Waals surface area contributed by atoms with Crippen molar-refractivity contribution in [1.82, 2.24) is 5.32 Å². The Bertz CT molecular complexity index is 929. The van der Waals surface area contributed by atoms with Crippen LogP contribution in [-0.2, 0) is 16.0 Å². The second-order valence-electron chi connectivity index (χ2n) is 5.97. The summed E-state index contributed by atoms with van der Waals surface area (Å²) in [5.74, 6) is -0.644. The summed E-state index contributed by atoms with van der Waals surface area (Å²) in [6.07, 6.45) is 0.519. The zero-order chi connectivity index (χ0) is 22.1. The number of carbonyl (C=O) groups excluding carboxylic acids is 2. The van der Waals surface area contributed by atoms with Crippen molar-refractivity contribution in [3.63, 3.8) is 0 Å². The summed E-state index contributed by atoms with van der Waals surface area (Å²) in [6, 6.07) is 9.59. The van der Waals surface area contributed by atoms with E-state index in [0.29, 0.717) is 18.7 Å². The van der Waals surface area contributed by atoms with Crippen LogP contribution in [0.25, 0.3) is 0 Å². The summed E-state index contributed by atoms with van der Waals surface area (Å²) in [7, 11) is 4.20. The molecule has 0 saturated carbocycles. The first-order valence-corrected chi connectivity index (χ1v) is 8.87. The lowest BCUT2D eigenvalue weighted by molar-refractivity contribution is -0.385. The van der Waals surface area contributed by atoms with Gasteiger partial charge >= 0.3 is 5.97 Å². The Morgan fingerprint density at radius 1 is 1.00 bits per heavy atom. The van der Waals surface area contributed by atoms with Crippen molar-refractivity contribution in [1.29, 1.82) is 0 Å². The first-order valence-electron chi connectivity index (χ1n) is 8.87. The Hall–Kier alpha value is -3.82. The van der Waals surface area contributed by atoms with Crippen molar-refractivity contribution in [2.45, 2.75) is 6.42 Å². The molecule has 0 bridgehead atoms. The van der Waals surface area contributed by atoms with Crippen molar-refractivity contribution in [2.75, 3.05) is 34.5 Å². The van der Waals surface area contributed by atoms with Gasteiger partial charge in [0.05, 0.1) is 32.3 Å². The quantitative estimate of drug-likeness (QED) is 0.353. The number of nitro groups is 1. The van der Waals surface area contributed by atoms with E-state index in [0.717, 1.165) is 17.7 Å². The molecule has 0 atom stereocenters. The zero-order valence-corrected chi connectivity index (χ0v) is 16.8. The predicted molar refractivity (Wildman–Crippen MR) is 106 cm³/mol. The van der Waals surface area contributed by atoms with Crippen LogP contribution in [0.3, 0.4) is 0 Å². The second-order valence-corrected chi connectivity index (χ2v) is 5.97. The van der Waals surface area contributed by atoms with Crippen LogP contribution in [0.4, 0.5) is 5.69 Å². The largest absolute Gasteiger partial charge is 0.496 e. The van der Waals surface area contributed by atoms with Gasteiger partial charge in [0.2, 0.25) is 0 Å². The molecule has 2 rings (SSSR count). The Morgan fingerprint density at radius 2 is 1.63 bits per heavy atom. The minimum atomic E-state index is -1.03. The molecule has 30 heavy (non-hydrogen) atoms. The third-order valence-corrected chi connectivity index (χ3v) is 4.16. The van der Waals surface area contributed by atoms with E-state index in [9.17, 15) is 19.7 Å². The van der Waals surface area contributed by atoms with Gasteiger partial charge in [0.1, 0.15) is 11.3 Å². The fourth-order valence-corrected chi connectivity index (χ4v) is 2.69. The maximum absolute atomic E-state index is 12.3. The van der Waals surface area contributed by atoms with Gasteiger partial charge in [0, 0.05) is 12.6 Å². The monoisotopic (exact) mass is 418 g/mol. The molecule has 0 saturated heterocycles. The van der Waals surface area contributed by atoms with E-state index in [4.69, 9.17) is 18.9 Å². The van der Waals surface area contributed by atoms with E-state index in [1.54, 1.807) is 7.11 Å². The lowest BCUT2D eigenvalue weighted by Crippen LogP contribution is -2.30. The molecule has 0 aliphatic rings. The summed E-state index contributed by atoms with van der Waals surface area (Å²) >= 11 is 0. The number of nitro benzene ring substituents is 1. The fourth-order valence-electron chi connectivity index (χ4n) is 2.69. The molecule has 160 valence electrons. The summed E-state index contributed by atoms with van der Waals surface area (Å²) in [5.41, 5.74) is 0.0481. The van der Waals surface area contributed by atoms with Crippen molar-refractivity contribution < 1.29 is 33.5 Å². The third kappa shape index (κ3) is 5.60. The Kier molecular flexibility index (Phi) is 7.98. The SMILES string of the molecule is COc1ccccc1CCNC(=O)COC(=O)c1cc(OC)c(OC)cc1[N+](=O)[O-]. The Morgan fingerprint density at radius 3 is 2.27 bits per heavy atom. The number of esters is 1. The molecule has 0 heterocycles. The van der Waals surface area contributed by atoms with Crippen LogP contribution in [0.2, 0.25) is 0 Å². The maximum atomic E-state index is 12.3. The molecule has 0 fully saturated rings. The van der Waals surface area contributed by atoms with E-state index in [2.05, 4.69) is 5.32 Å². The molecule has 1 N–H and O–H groups in total.